The summed E-state index contributed by atoms with van der Waals surface area (Å²) in [6.45, 7) is 6.12. The number of carbonyl (C=O) groups is 2. The Hall–Kier alpha value is -2.06. The van der Waals surface area contributed by atoms with Crippen molar-refractivity contribution in [1.82, 2.24) is 10.6 Å². The first-order chi connectivity index (χ1) is 16.5. The molecule has 0 aliphatic heterocycles. The molecule has 6 nitrogen and oxygen atoms in total. The van der Waals surface area contributed by atoms with Gasteiger partial charge in [0, 0.05) is 22.0 Å². The Balaban J connectivity index is 1.58. The van der Waals surface area contributed by atoms with E-state index in [4.69, 9.17) is 9.47 Å². The maximum absolute atomic E-state index is 12.5. The van der Waals surface area contributed by atoms with Crippen LogP contribution in [0.2, 0.25) is 0 Å². The topological polar surface area (TPSA) is 76.7 Å². The van der Waals surface area contributed by atoms with Crippen LogP contribution >= 0.6 is 31.9 Å². The number of carbonyl (C=O) groups excluding carboxylic acids is 2. The Labute approximate surface area is 219 Å². The van der Waals surface area contributed by atoms with E-state index < -0.39 is 0 Å². The van der Waals surface area contributed by atoms with Gasteiger partial charge in [-0.2, -0.15) is 0 Å². The van der Waals surface area contributed by atoms with Crippen molar-refractivity contribution in [2.45, 2.75) is 52.4 Å². The van der Waals surface area contributed by atoms with E-state index >= 15 is 0 Å². The Morgan fingerprint density at radius 2 is 1.06 bits per heavy atom. The molecule has 2 rings (SSSR count). The van der Waals surface area contributed by atoms with Gasteiger partial charge in [-0.25, -0.2) is 0 Å². The van der Waals surface area contributed by atoms with Crippen molar-refractivity contribution in [1.29, 1.82) is 0 Å². The quantitative estimate of drug-likeness (QED) is 0.229. The molecule has 2 aromatic rings. The lowest BCUT2D eigenvalue weighted by molar-refractivity contribution is 0.0940. The first kappa shape index (κ1) is 28.2. The van der Waals surface area contributed by atoms with Crippen molar-refractivity contribution in [2.24, 2.45) is 0 Å². The maximum Gasteiger partial charge on any atom is 0.255 e. The number of benzene rings is 2. The van der Waals surface area contributed by atoms with E-state index in [0.29, 0.717) is 48.9 Å². The van der Waals surface area contributed by atoms with Crippen LogP contribution < -0.4 is 20.1 Å². The molecule has 0 saturated carbocycles. The van der Waals surface area contributed by atoms with Gasteiger partial charge in [0.1, 0.15) is 11.5 Å². The van der Waals surface area contributed by atoms with Crippen molar-refractivity contribution in [3.8, 4) is 11.5 Å². The highest BCUT2D eigenvalue weighted by atomic mass is 79.9. The van der Waals surface area contributed by atoms with Crippen LogP contribution in [-0.4, -0.2) is 38.1 Å². The predicted octanol–water partition coefficient (Wildman–Crippen LogP) is 6.51. The van der Waals surface area contributed by atoms with Gasteiger partial charge in [-0.1, -0.05) is 57.5 Å². The average molecular weight is 598 g/mol. The molecule has 0 spiro atoms. The van der Waals surface area contributed by atoms with Gasteiger partial charge in [-0.05, 0) is 63.1 Å². The summed E-state index contributed by atoms with van der Waals surface area (Å²) in [6.07, 6.45) is 6.18. The summed E-state index contributed by atoms with van der Waals surface area (Å²) in [4.78, 5) is 25.0. The third-order valence-corrected chi connectivity index (χ3v) is 6.13. The number of halogens is 2. The lowest BCUT2D eigenvalue weighted by atomic mass is 10.1. The molecule has 8 heteroatoms. The van der Waals surface area contributed by atoms with Crippen LogP contribution in [0.1, 0.15) is 73.1 Å². The monoisotopic (exact) mass is 596 g/mol. The Kier molecular flexibility index (Phi) is 13.1. The van der Waals surface area contributed by atoms with E-state index in [1.165, 1.54) is 0 Å². The second-order valence-corrected chi connectivity index (χ2v) is 9.61. The highest BCUT2D eigenvalue weighted by Crippen LogP contribution is 2.24. The van der Waals surface area contributed by atoms with E-state index in [9.17, 15) is 9.59 Å². The molecule has 0 aliphatic rings. The standard InChI is InChI=1S/C26H34Br2N2O4/c1-3-33-23-13-11-19(27)17-21(23)25(31)29-15-9-7-5-6-8-10-16-30-26(32)22-18-20(28)12-14-24(22)34-4-2/h11-14,17-18H,3-10,15-16H2,1-2H3,(H,29,31)(H,30,32). The molecule has 186 valence electrons. The minimum absolute atomic E-state index is 0.113. The Morgan fingerprint density at radius 3 is 1.44 bits per heavy atom. The number of hydrogen-bond acceptors (Lipinski definition) is 4. The molecular formula is C26H34Br2N2O4. The first-order valence-electron chi connectivity index (χ1n) is 11.9. The fourth-order valence-corrected chi connectivity index (χ4v) is 4.20. The number of rotatable bonds is 15. The number of amides is 2. The van der Waals surface area contributed by atoms with Crippen molar-refractivity contribution >= 4 is 43.7 Å². The molecule has 0 heterocycles. The van der Waals surface area contributed by atoms with Crippen LogP contribution in [0.3, 0.4) is 0 Å². The fraction of sp³-hybridized carbons (Fsp3) is 0.462. The fourth-order valence-electron chi connectivity index (χ4n) is 3.47. The maximum atomic E-state index is 12.5. The van der Waals surface area contributed by atoms with Crippen molar-refractivity contribution < 1.29 is 19.1 Å². The van der Waals surface area contributed by atoms with Crippen LogP contribution in [0.25, 0.3) is 0 Å². The minimum Gasteiger partial charge on any atom is -0.493 e. The molecule has 0 radical (unpaired) electrons. The normalized spacial score (nSPS) is 10.6. The molecule has 34 heavy (non-hydrogen) atoms. The number of ether oxygens (including phenoxy) is 2. The minimum atomic E-state index is -0.113. The van der Waals surface area contributed by atoms with Gasteiger partial charge in [0.15, 0.2) is 0 Å². The van der Waals surface area contributed by atoms with Crippen molar-refractivity contribution in [2.75, 3.05) is 26.3 Å². The van der Waals surface area contributed by atoms with Crippen LogP contribution in [-0.2, 0) is 0 Å². The second-order valence-electron chi connectivity index (χ2n) is 7.78. The molecule has 2 N–H and O–H groups in total. The molecule has 0 bridgehead atoms. The molecule has 0 saturated heterocycles. The van der Waals surface area contributed by atoms with E-state index in [-0.39, 0.29) is 11.8 Å². The lowest BCUT2D eigenvalue weighted by Gasteiger charge is -2.11. The zero-order valence-electron chi connectivity index (χ0n) is 19.9. The van der Waals surface area contributed by atoms with Gasteiger partial charge in [0.05, 0.1) is 24.3 Å². The van der Waals surface area contributed by atoms with Crippen LogP contribution in [0.5, 0.6) is 11.5 Å². The van der Waals surface area contributed by atoms with Crippen LogP contribution in [0.4, 0.5) is 0 Å². The van der Waals surface area contributed by atoms with Gasteiger partial charge < -0.3 is 20.1 Å². The summed E-state index contributed by atoms with van der Waals surface area (Å²) in [7, 11) is 0. The van der Waals surface area contributed by atoms with Gasteiger partial charge in [-0.15, -0.1) is 0 Å². The summed E-state index contributed by atoms with van der Waals surface area (Å²) in [5, 5.41) is 5.96. The van der Waals surface area contributed by atoms with E-state index in [2.05, 4.69) is 42.5 Å². The summed E-state index contributed by atoms with van der Waals surface area (Å²) >= 11 is 6.82. The largest absolute Gasteiger partial charge is 0.493 e. The molecule has 0 aromatic heterocycles. The lowest BCUT2D eigenvalue weighted by Crippen LogP contribution is -2.25. The van der Waals surface area contributed by atoms with E-state index in [0.717, 1.165) is 47.5 Å². The zero-order valence-corrected chi connectivity index (χ0v) is 23.1. The summed E-state index contributed by atoms with van der Waals surface area (Å²) < 4.78 is 12.8. The SMILES string of the molecule is CCOc1ccc(Br)cc1C(=O)NCCCCCCCCNC(=O)c1cc(Br)ccc1OCC. The first-order valence-corrected chi connectivity index (χ1v) is 13.5. The Bertz CT molecular complexity index is 862. The summed E-state index contributed by atoms with van der Waals surface area (Å²) in [6, 6.07) is 10.9. The molecule has 0 fully saturated rings. The smallest absolute Gasteiger partial charge is 0.255 e. The van der Waals surface area contributed by atoms with Gasteiger partial charge >= 0.3 is 0 Å². The summed E-state index contributed by atoms with van der Waals surface area (Å²) in [5.41, 5.74) is 1.10. The molecule has 0 unspecified atom stereocenters. The van der Waals surface area contributed by atoms with Crippen LogP contribution in [0.15, 0.2) is 45.3 Å². The van der Waals surface area contributed by atoms with Crippen molar-refractivity contribution in [3.63, 3.8) is 0 Å². The summed E-state index contributed by atoms with van der Waals surface area (Å²) in [5.74, 6) is 0.977. The molecule has 2 amide bonds. The van der Waals surface area contributed by atoms with Gasteiger partial charge in [0.2, 0.25) is 0 Å². The van der Waals surface area contributed by atoms with Crippen LogP contribution in [0, 0.1) is 0 Å². The predicted molar refractivity (Wildman–Crippen MR) is 143 cm³/mol. The highest BCUT2D eigenvalue weighted by Gasteiger charge is 2.13. The number of nitrogens with one attached hydrogen (secondary N) is 2. The average Bonchev–Trinajstić information content (AvgIpc) is 2.82. The third-order valence-electron chi connectivity index (χ3n) is 5.15. The van der Waals surface area contributed by atoms with E-state index in [1.54, 1.807) is 12.1 Å². The number of unbranched alkanes of at least 4 members (excludes halogenated alkanes) is 5. The molecule has 0 aliphatic carbocycles. The second kappa shape index (κ2) is 15.8. The van der Waals surface area contributed by atoms with Gasteiger partial charge in [-0.3, -0.25) is 9.59 Å². The van der Waals surface area contributed by atoms with E-state index in [1.807, 2.05) is 38.1 Å². The van der Waals surface area contributed by atoms with Crippen molar-refractivity contribution in [3.05, 3.63) is 56.5 Å². The molecule has 0 atom stereocenters. The molecular weight excluding hydrogens is 564 g/mol. The Morgan fingerprint density at radius 1 is 0.676 bits per heavy atom. The molecule has 2 aromatic carbocycles. The highest BCUT2D eigenvalue weighted by molar-refractivity contribution is 9.10. The third kappa shape index (κ3) is 9.66. The number of hydrogen-bond donors (Lipinski definition) is 2. The zero-order chi connectivity index (χ0) is 24.8. The van der Waals surface area contributed by atoms with Gasteiger partial charge in [0.25, 0.3) is 11.8 Å².